The third-order valence-corrected chi connectivity index (χ3v) is 4.22. The molecule has 0 bridgehead atoms. The zero-order chi connectivity index (χ0) is 15.3. The number of fused-ring (bicyclic) bond motifs is 1. The Morgan fingerprint density at radius 1 is 0.550 bits per heavy atom. The van der Waals surface area contributed by atoms with Gasteiger partial charge in [0.1, 0.15) is 0 Å². The predicted octanol–water partition coefficient (Wildman–Crippen LogP) is 6.05. The molecular formula is C20H28. The predicted molar refractivity (Wildman–Crippen MR) is 90.8 cm³/mol. The van der Waals surface area contributed by atoms with Crippen molar-refractivity contribution in [2.45, 2.75) is 66.2 Å². The van der Waals surface area contributed by atoms with Gasteiger partial charge < -0.3 is 0 Å². The van der Waals surface area contributed by atoms with Crippen molar-refractivity contribution in [3.05, 3.63) is 46.5 Å². The van der Waals surface area contributed by atoms with E-state index in [1.54, 1.807) is 0 Å². The van der Waals surface area contributed by atoms with Gasteiger partial charge >= 0.3 is 0 Å². The third-order valence-electron chi connectivity index (χ3n) is 4.22. The molecule has 0 atom stereocenters. The highest BCUT2D eigenvalue weighted by Crippen LogP contribution is 2.34. The van der Waals surface area contributed by atoms with Crippen molar-refractivity contribution in [3.8, 4) is 0 Å². The maximum atomic E-state index is 2.38. The number of rotatable bonds is 0. The summed E-state index contributed by atoms with van der Waals surface area (Å²) < 4.78 is 0. The molecule has 0 heteroatoms. The van der Waals surface area contributed by atoms with Gasteiger partial charge in [-0.25, -0.2) is 0 Å². The lowest BCUT2D eigenvalue weighted by Crippen LogP contribution is -2.13. The highest BCUT2D eigenvalue weighted by molar-refractivity contribution is 5.90. The maximum absolute atomic E-state index is 2.38. The van der Waals surface area contributed by atoms with E-state index in [1.807, 2.05) is 0 Å². The van der Waals surface area contributed by atoms with E-state index in [-0.39, 0.29) is 10.8 Å². The summed E-state index contributed by atoms with van der Waals surface area (Å²) in [7, 11) is 0. The van der Waals surface area contributed by atoms with E-state index in [9.17, 15) is 0 Å². The van der Waals surface area contributed by atoms with E-state index in [0.717, 1.165) is 0 Å². The van der Waals surface area contributed by atoms with E-state index < -0.39 is 0 Å². The second-order valence-corrected chi connectivity index (χ2v) is 8.18. The van der Waals surface area contributed by atoms with Gasteiger partial charge in [-0.05, 0) is 57.7 Å². The highest BCUT2D eigenvalue weighted by atomic mass is 14.2. The number of hydrogen-bond donors (Lipinski definition) is 0. The summed E-state index contributed by atoms with van der Waals surface area (Å²) in [6.45, 7) is 18.2. The molecule has 0 nitrogen and oxygen atoms in total. The third kappa shape index (κ3) is 2.75. The molecule has 0 spiro atoms. The molecule has 0 amide bonds. The minimum atomic E-state index is 0.202. The smallest absolute Gasteiger partial charge is 0.0132 e. The van der Waals surface area contributed by atoms with Crippen molar-refractivity contribution in [1.82, 2.24) is 0 Å². The molecule has 0 N–H and O–H groups in total. The van der Waals surface area contributed by atoms with Crippen LogP contribution in [0.15, 0.2) is 24.3 Å². The first-order valence-electron chi connectivity index (χ1n) is 7.56. The molecule has 0 heterocycles. The van der Waals surface area contributed by atoms with Crippen LogP contribution >= 0.6 is 0 Å². The molecule has 0 unspecified atom stereocenters. The van der Waals surface area contributed by atoms with E-state index in [4.69, 9.17) is 0 Å². The van der Waals surface area contributed by atoms with Gasteiger partial charge in [-0.15, -0.1) is 0 Å². The van der Waals surface area contributed by atoms with Gasteiger partial charge in [0.05, 0.1) is 0 Å². The molecule has 2 rings (SSSR count). The summed E-state index contributed by atoms with van der Waals surface area (Å²) >= 11 is 0. The lowest BCUT2D eigenvalue weighted by atomic mass is 9.81. The molecule has 0 radical (unpaired) electrons. The molecule has 2 aromatic carbocycles. The van der Waals surface area contributed by atoms with Crippen molar-refractivity contribution >= 4 is 10.8 Å². The van der Waals surface area contributed by atoms with Gasteiger partial charge in [-0.1, -0.05) is 65.8 Å². The largest absolute Gasteiger partial charge is 0.0561 e. The Hall–Kier alpha value is -1.30. The van der Waals surface area contributed by atoms with Crippen molar-refractivity contribution in [3.63, 3.8) is 0 Å². The molecule has 108 valence electrons. The van der Waals surface area contributed by atoms with Gasteiger partial charge in [-0.2, -0.15) is 0 Å². The van der Waals surface area contributed by atoms with Crippen LogP contribution in [-0.2, 0) is 10.8 Å². The first kappa shape index (κ1) is 15.1. The Balaban J connectivity index is 2.79. The van der Waals surface area contributed by atoms with Crippen LogP contribution in [0, 0.1) is 13.8 Å². The number of benzene rings is 2. The Labute approximate surface area is 124 Å². The van der Waals surface area contributed by atoms with Gasteiger partial charge in [0, 0.05) is 0 Å². The molecule has 2 aromatic rings. The van der Waals surface area contributed by atoms with E-state index >= 15 is 0 Å². The zero-order valence-corrected chi connectivity index (χ0v) is 14.3. The Morgan fingerprint density at radius 2 is 0.850 bits per heavy atom. The van der Waals surface area contributed by atoms with Crippen molar-refractivity contribution in [2.24, 2.45) is 0 Å². The quantitative estimate of drug-likeness (QED) is 0.545. The topological polar surface area (TPSA) is 0 Å². The Bertz CT molecular complexity index is 587. The van der Waals surface area contributed by atoms with Crippen molar-refractivity contribution in [2.75, 3.05) is 0 Å². The minimum absolute atomic E-state index is 0.202. The summed E-state index contributed by atoms with van der Waals surface area (Å²) in [6, 6.07) is 9.47. The summed E-state index contributed by atoms with van der Waals surface area (Å²) in [5.41, 5.74) is 6.04. The Morgan fingerprint density at radius 3 is 1.10 bits per heavy atom. The minimum Gasteiger partial charge on any atom is -0.0561 e. The summed E-state index contributed by atoms with van der Waals surface area (Å²) in [5.74, 6) is 0. The number of aryl methyl sites for hydroxylation is 2. The van der Waals surface area contributed by atoms with E-state index in [2.05, 4.69) is 79.7 Å². The molecule has 0 fully saturated rings. The van der Waals surface area contributed by atoms with Crippen molar-refractivity contribution in [1.29, 1.82) is 0 Å². The fourth-order valence-corrected chi connectivity index (χ4v) is 2.69. The molecule has 20 heavy (non-hydrogen) atoms. The van der Waals surface area contributed by atoms with E-state index in [1.165, 1.54) is 33.0 Å². The summed E-state index contributed by atoms with van der Waals surface area (Å²) in [4.78, 5) is 0. The van der Waals surface area contributed by atoms with Crippen LogP contribution in [0.25, 0.3) is 10.8 Å². The molecule has 0 saturated carbocycles. The first-order valence-corrected chi connectivity index (χ1v) is 7.56. The fraction of sp³-hybridized carbons (Fsp3) is 0.500. The Kier molecular flexibility index (Phi) is 3.48. The van der Waals surface area contributed by atoms with Crippen LogP contribution in [0.3, 0.4) is 0 Å². The standard InChI is InChI=1S/C20H28/c1-13-9-15(19(3,4)5)12-18-14(2)10-16(11-17(13)18)20(6,7)8/h9-12H,1-8H3. The maximum Gasteiger partial charge on any atom is -0.0132 e. The summed E-state index contributed by atoms with van der Waals surface area (Å²) in [5, 5.41) is 2.81. The van der Waals surface area contributed by atoms with Crippen LogP contribution in [0.2, 0.25) is 0 Å². The highest BCUT2D eigenvalue weighted by Gasteiger charge is 2.19. The van der Waals surface area contributed by atoms with Crippen molar-refractivity contribution < 1.29 is 0 Å². The lowest BCUT2D eigenvalue weighted by molar-refractivity contribution is 0.588. The molecule has 0 aromatic heterocycles. The van der Waals surface area contributed by atoms with Crippen LogP contribution in [0.5, 0.6) is 0 Å². The molecule has 0 aliphatic carbocycles. The van der Waals surface area contributed by atoms with Crippen LogP contribution < -0.4 is 0 Å². The molecule has 0 aliphatic heterocycles. The first-order chi connectivity index (χ1) is 9.00. The fourth-order valence-electron chi connectivity index (χ4n) is 2.69. The summed E-state index contributed by atoms with van der Waals surface area (Å²) in [6.07, 6.45) is 0. The van der Waals surface area contributed by atoms with Gasteiger partial charge in [-0.3, -0.25) is 0 Å². The molecule has 0 aliphatic rings. The normalized spacial score (nSPS) is 13.0. The second-order valence-electron chi connectivity index (χ2n) is 8.18. The molecule has 0 saturated heterocycles. The SMILES string of the molecule is Cc1cc(C(C)(C)C)cc2c(C)cc(C(C)(C)C)cc12. The van der Waals surface area contributed by atoms with Gasteiger partial charge in [0.2, 0.25) is 0 Å². The van der Waals surface area contributed by atoms with Crippen LogP contribution in [0.4, 0.5) is 0 Å². The average Bonchev–Trinajstić information content (AvgIpc) is 2.27. The number of hydrogen-bond acceptors (Lipinski definition) is 0. The van der Waals surface area contributed by atoms with Crippen LogP contribution in [0.1, 0.15) is 63.8 Å². The molecular weight excluding hydrogens is 240 g/mol. The van der Waals surface area contributed by atoms with E-state index in [0.29, 0.717) is 0 Å². The second kappa shape index (κ2) is 4.62. The van der Waals surface area contributed by atoms with Gasteiger partial charge in [0.15, 0.2) is 0 Å². The van der Waals surface area contributed by atoms with Crippen LogP contribution in [-0.4, -0.2) is 0 Å². The average molecular weight is 268 g/mol. The zero-order valence-electron chi connectivity index (χ0n) is 14.3. The van der Waals surface area contributed by atoms with Gasteiger partial charge in [0.25, 0.3) is 0 Å². The monoisotopic (exact) mass is 268 g/mol. The lowest BCUT2D eigenvalue weighted by Gasteiger charge is -2.24.